The zero-order valence-corrected chi connectivity index (χ0v) is 15.6. The second-order valence-electron chi connectivity index (χ2n) is 5.72. The Morgan fingerprint density at radius 3 is 2.61 bits per heavy atom. The molecule has 8 nitrogen and oxygen atoms in total. The van der Waals surface area contributed by atoms with Crippen LogP contribution in [0.5, 0.6) is 0 Å². The Hall–Kier alpha value is -3.59. The third-order valence-corrected chi connectivity index (χ3v) is 4.24. The molecule has 0 atom stereocenters. The Balaban J connectivity index is 2.20. The Bertz CT molecular complexity index is 1160. The molecule has 3 rings (SSSR count). The number of rotatable bonds is 6. The lowest BCUT2D eigenvalue weighted by atomic mass is 10.0. The number of nitrogens with one attached hydrogen (secondary N) is 1. The smallest absolute Gasteiger partial charge is 0.343 e. The number of aromatic nitrogens is 2. The van der Waals surface area contributed by atoms with Crippen molar-refractivity contribution in [3.63, 3.8) is 0 Å². The van der Waals surface area contributed by atoms with E-state index in [0.29, 0.717) is 16.6 Å². The molecule has 28 heavy (non-hydrogen) atoms. The number of imidazole rings is 1. The number of nitrogens with zero attached hydrogens (tertiary/aromatic N) is 2. The van der Waals surface area contributed by atoms with Crippen LogP contribution in [0.2, 0.25) is 0 Å². The molecule has 0 radical (unpaired) electrons. The van der Waals surface area contributed by atoms with Gasteiger partial charge in [-0.3, -0.25) is 19.5 Å². The topological polar surface area (TPSA) is 107 Å². The number of esters is 1. The predicted octanol–water partition coefficient (Wildman–Crippen LogP) is 3.89. The molecule has 0 spiro atoms. The van der Waals surface area contributed by atoms with E-state index < -0.39 is 16.7 Å². The number of hydrogen-bond donors (Lipinski definition) is 1. The average Bonchev–Trinajstić information content (AvgIpc) is 3.00. The van der Waals surface area contributed by atoms with Crippen LogP contribution in [0.15, 0.2) is 54.1 Å². The van der Waals surface area contributed by atoms with Crippen molar-refractivity contribution in [3.8, 4) is 0 Å². The number of H-pyrrole nitrogens is 1. The second-order valence-corrected chi connectivity index (χ2v) is 6.10. The van der Waals surface area contributed by atoms with Gasteiger partial charge >= 0.3 is 5.97 Å². The molecule has 0 saturated heterocycles. The monoisotopic (exact) mass is 397 g/mol. The van der Waals surface area contributed by atoms with Crippen molar-refractivity contribution in [2.45, 2.75) is 6.92 Å². The van der Waals surface area contributed by atoms with Crippen molar-refractivity contribution in [2.24, 2.45) is 0 Å². The number of Topliss-reactive ketones (excluding diaryl/α,β-unsaturated/α-hetero) is 1. The molecule has 0 aliphatic heterocycles. The van der Waals surface area contributed by atoms with Crippen LogP contribution in [0, 0.1) is 14.9 Å². The second kappa shape index (κ2) is 7.97. The van der Waals surface area contributed by atoms with Crippen LogP contribution >= 0.6 is 12.2 Å². The summed E-state index contributed by atoms with van der Waals surface area (Å²) in [6, 6.07) is 12.4. The number of nitro groups is 1. The molecule has 0 unspecified atom stereocenters. The van der Waals surface area contributed by atoms with E-state index in [1.54, 1.807) is 37.3 Å². The minimum absolute atomic E-state index is 0.0863. The lowest BCUT2D eigenvalue weighted by Crippen LogP contribution is -2.17. The average molecular weight is 397 g/mol. The van der Waals surface area contributed by atoms with E-state index in [4.69, 9.17) is 17.0 Å². The van der Waals surface area contributed by atoms with E-state index in [-0.39, 0.29) is 22.6 Å². The zero-order chi connectivity index (χ0) is 20.3. The van der Waals surface area contributed by atoms with Gasteiger partial charge < -0.3 is 9.72 Å². The van der Waals surface area contributed by atoms with Gasteiger partial charge in [0.15, 0.2) is 4.77 Å². The number of benzene rings is 2. The number of fused-ring (bicyclic) bond motifs is 1. The van der Waals surface area contributed by atoms with E-state index >= 15 is 0 Å². The lowest BCUT2D eigenvalue weighted by Gasteiger charge is -2.07. The highest BCUT2D eigenvalue weighted by Crippen LogP contribution is 2.22. The molecule has 0 amide bonds. The molecule has 1 N–H and O–H groups in total. The molecular weight excluding hydrogens is 382 g/mol. The summed E-state index contributed by atoms with van der Waals surface area (Å²) in [6.07, 6.45) is 1.25. The van der Waals surface area contributed by atoms with Gasteiger partial charge in [-0.25, -0.2) is 4.79 Å². The first-order chi connectivity index (χ1) is 13.4. The first-order valence-electron chi connectivity index (χ1n) is 8.29. The minimum atomic E-state index is -0.807. The fourth-order valence-corrected chi connectivity index (χ4v) is 2.90. The summed E-state index contributed by atoms with van der Waals surface area (Å²) in [7, 11) is 0. The van der Waals surface area contributed by atoms with Crippen LogP contribution in [0.4, 0.5) is 5.69 Å². The largest absolute Gasteiger partial charge is 0.462 e. The van der Waals surface area contributed by atoms with Gasteiger partial charge in [0.1, 0.15) is 5.57 Å². The summed E-state index contributed by atoms with van der Waals surface area (Å²) in [5.74, 6) is -1.35. The third kappa shape index (κ3) is 3.74. The van der Waals surface area contributed by atoms with Crippen LogP contribution < -0.4 is 0 Å². The van der Waals surface area contributed by atoms with Crippen LogP contribution in [-0.4, -0.2) is 32.8 Å². The molecule has 142 valence electrons. The first-order valence-corrected chi connectivity index (χ1v) is 8.70. The molecular formula is C19H15N3O5S. The van der Waals surface area contributed by atoms with Gasteiger partial charge in [-0.05, 0) is 25.2 Å². The molecule has 1 heterocycles. The van der Waals surface area contributed by atoms with Crippen LogP contribution in [0.1, 0.15) is 17.3 Å². The highest BCUT2D eigenvalue weighted by Gasteiger charge is 2.22. The van der Waals surface area contributed by atoms with Gasteiger partial charge in [0.05, 0.1) is 22.6 Å². The number of non-ortho nitro benzene ring substituents is 1. The van der Waals surface area contributed by atoms with Gasteiger partial charge in [-0.1, -0.05) is 30.3 Å². The first kappa shape index (κ1) is 19.2. The van der Waals surface area contributed by atoms with E-state index in [0.717, 1.165) is 0 Å². The van der Waals surface area contributed by atoms with Crippen molar-refractivity contribution in [2.75, 3.05) is 6.61 Å². The molecule has 0 saturated carbocycles. The molecule has 0 aliphatic rings. The van der Waals surface area contributed by atoms with E-state index in [1.165, 1.54) is 29.0 Å². The number of aromatic amines is 1. The third-order valence-electron chi connectivity index (χ3n) is 3.95. The van der Waals surface area contributed by atoms with Crippen molar-refractivity contribution in [1.29, 1.82) is 0 Å². The summed E-state index contributed by atoms with van der Waals surface area (Å²) in [5.41, 5.74) is 0.815. The van der Waals surface area contributed by atoms with Crippen molar-refractivity contribution in [3.05, 3.63) is 74.6 Å². The van der Waals surface area contributed by atoms with Gasteiger partial charge in [0, 0.05) is 23.9 Å². The zero-order valence-electron chi connectivity index (χ0n) is 14.7. The Kier molecular flexibility index (Phi) is 5.46. The summed E-state index contributed by atoms with van der Waals surface area (Å²) in [4.78, 5) is 38.8. The summed E-state index contributed by atoms with van der Waals surface area (Å²) < 4.78 is 6.55. The highest BCUT2D eigenvalue weighted by molar-refractivity contribution is 7.71. The molecule has 3 aromatic rings. The Morgan fingerprint density at radius 2 is 1.96 bits per heavy atom. The molecule has 0 aliphatic carbocycles. The summed E-state index contributed by atoms with van der Waals surface area (Å²) in [5, 5.41) is 11.1. The van der Waals surface area contributed by atoms with Gasteiger partial charge in [-0.2, -0.15) is 0 Å². The molecule has 9 heteroatoms. The molecule has 0 bridgehead atoms. The maximum atomic E-state index is 12.9. The van der Waals surface area contributed by atoms with E-state index in [9.17, 15) is 19.7 Å². The van der Waals surface area contributed by atoms with Crippen LogP contribution in [-0.2, 0) is 9.53 Å². The lowest BCUT2D eigenvalue weighted by molar-refractivity contribution is -0.384. The van der Waals surface area contributed by atoms with Crippen molar-refractivity contribution < 1.29 is 19.2 Å². The summed E-state index contributed by atoms with van der Waals surface area (Å²) in [6.45, 7) is 1.71. The fraction of sp³-hybridized carbons (Fsp3) is 0.105. The standard InChI is InChI=1S/C19H15N3O5S/c1-2-27-18(24)14(17(23)12-6-4-3-5-7-12)11-21-16-10-13(22(25)26)8-9-15(16)20-19(21)28/h3-11H,2H2,1H3,(H,20,28)/b14-11+. The highest BCUT2D eigenvalue weighted by atomic mass is 32.1. The normalized spacial score (nSPS) is 11.4. The fourth-order valence-electron chi connectivity index (χ4n) is 2.64. The number of hydrogen-bond acceptors (Lipinski definition) is 6. The number of nitro benzene ring substituents is 1. The number of carbonyl (C=O) groups is 2. The van der Waals surface area contributed by atoms with Gasteiger partial charge in [0.25, 0.3) is 5.69 Å². The van der Waals surface area contributed by atoms with E-state index in [1.807, 2.05) is 0 Å². The maximum absolute atomic E-state index is 12.9. The molecule has 0 fully saturated rings. The van der Waals surface area contributed by atoms with Crippen LogP contribution in [0.3, 0.4) is 0 Å². The molecule has 2 aromatic carbocycles. The van der Waals surface area contributed by atoms with Crippen LogP contribution in [0.25, 0.3) is 17.2 Å². The van der Waals surface area contributed by atoms with Crippen molar-refractivity contribution in [1.82, 2.24) is 9.55 Å². The SMILES string of the molecule is CCOC(=O)/C(=C/n1c(=S)[nH]c2ccc([N+](=O)[O-])cc21)C(=O)c1ccccc1. The van der Waals surface area contributed by atoms with Crippen molar-refractivity contribution >= 4 is 46.9 Å². The molecule has 1 aromatic heterocycles. The number of ether oxygens (including phenoxy) is 1. The Labute approximate surface area is 164 Å². The quantitative estimate of drug-likeness (QED) is 0.0988. The van der Waals surface area contributed by atoms with Gasteiger partial charge in [0.2, 0.25) is 5.78 Å². The van der Waals surface area contributed by atoms with Gasteiger partial charge in [-0.15, -0.1) is 0 Å². The van der Waals surface area contributed by atoms with E-state index in [2.05, 4.69) is 4.98 Å². The number of carbonyl (C=O) groups excluding carboxylic acids is 2. The predicted molar refractivity (Wildman–Crippen MR) is 105 cm³/mol. The minimum Gasteiger partial charge on any atom is -0.462 e. The Morgan fingerprint density at radius 1 is 1.25 bits per heavy atom. The maximum Gasteiger partial charge on any atom is 0.343 e. The summed E-state index contributed by atoms with van der Waals surface area (Å²) >= 11 is 5.26. The number of ketones is 1.